The third kappa shape index (κ3) is 7.38. The number of anilines is 1. The van der Waals surface area contributed by atoms with Gasteiger partial charge in [-0.25, -0.2) is 4.98 Å². The van der Waals surface area contributed by atoms with Crippen molar-refractivity contribution in [2.75, 3.05) is 25.5 Å². The maximum Gasteiger partial charge on any atom is 0.374 e. The zero-order valence-electron chi connectivity index (χ0n) is 26.0. The number of aromatic amines is 1. The number of hydrogen-bond acceptors (Lipinski definition) is 7. The van der Waals surface area contributed by atoms with Crippen molar-refractivity contribution in [1.29, 1.82) is 0 Å². The van der Waals surface area contributed by atoms with Crippen LogP contribution >= 0.6 is 0 Å². The van der Waals surface area contributed by atoms with Gasteiger partial charge in [-0.1, -0.05) is 30.3 Å². The topological polar surface area (TPSA) is 154 Å². The lowest BCUT2D eigenvalue weighted by molar-refractivity contribution is -0.132. The summed E-state index contributed by atoms with van der Waals surface area (Å²) in [7, 11) is 0.656. The molecule has 2 aromatic carbocycles. The monoisotopic (exact) mass is 613 g/mol. The second-order valence-electron chi connectivity index (χ2n) is 11.9. The van der Waals surface area contributed by atoms with Gasteiger partial charge in [-0.3, -0.25) is 14.4 Å². The average Bonchev–Trinajstić information content (AvgIpc) is 3.79. The number of para-hydroxylation sites is 1. The molecule has 0 saturated carbocycles. The first kappa shape index (κ1) is 31.8. The number of amides is 3. The molecule has 2 unspecified atom stereocenters. The Labute approximate surface area is 262 Å². The van der Waals surface area contributed by atoms with Crippen LogP contribution in [0, 0.1) is 0 Å². The number of H-pyrrole nitrogens is 1. The van der Waals surface area contributed by atoms with Crippen molar-refractivity contribution in [3.05, 3.63) is 78.4 Å². The van der Waals surface area contributed by atoms with E-state index in [1.165, 1.54) is 13.2 Å². The second kappa shape index (κ2) is 13.6. The molecular formula is C32H40BN7O5. The van der Waals surface area contributed by atoms with Crippen molar-refractivity contribution in [3.63, 3.8) is 0 Å². The van der Waals surface area contributed by atoms with Gasteiger partial charge < -0.3 is 40.1 Å². The lowest BCUT2D eigenvalue weighted by Gasteiger charge is -2.28. The van der Waals surface area contributed by atoms with E-state index in [1.54, 1.807) is 31.7 Å². The molecule has 236 valence electrons. The molecule has 4 aromatic rings. The highest BCUT2D eigenvalue weighted by Crippen LogP contribution is 2.27. The minimum Gasteiger partial charge on any atom is -0.497 e. The summed E-state index contributed by atoms with van der Waals surface area (Å²) in [4.78, 5) is 50.3. The summed E-state index contributed by atoms with van der Waals surface area (Å²) in [5.41, 5.74) is 1.38. The van der Waals surface area contributed by atoms with Gasteiger partial charge in [0.05, 0.1) is 19.0 Å². The van der Waals surface area contributed by atoms with Gasteiger partial charge in [-0.2, -0.15) is 0 Å². The molecule has 2 aromatic heterocycles. The van der Waals surface area contributed by atoms with Crippen LogP contribution in [0.5, 0.6) is 5.75 Å². The number of hydrogen-bond donors (Lipinski definition) is 5. The lowest BCUT2D eigenvalue weighted by Crippen LogP contribution is -2.60. The fraction of sp³-hybridized carbons (Fsp3) is 0.375. The number of carbonyl (C=O) groups is 3. The van der Waals surface area contributed by atoms with Crippen LogP contribution in [-0.4, -0.2) is 81.0 Å². The number of carbonyl (C=O) groups excluding carboxylic acids is 3. The van der Waals surface area contributed by atoms with E-state index >= 15 is 0 Å². The van der Waals surface area contributed by atoms with E-state index in [9.17, 15) is 19.4 Å². The number of nitrogens with one attached hydrogen (secondary N) is 4. The number of rotatable bonds is 12. The van der Waals surface area contributed by atoms with E-state index in [0.717, 1.165) is 34.9 Å². The molecule has 45 heavy (non-hydrogen) atoms. The Kier molecular flexibility index (Phi) is 9.59. The van der Waals surface area contributed by atoms with Gasteiger partial charge in [0, 0.05) is 42.8 Å². The molecular weight excluding hydrogens is 573 g/mol. The number of nitrogens with zero attached hydrogens (tertiary/aromatic N) is 3. The summed E-state index contributed by atoms with van der Waals surface area (Å²) in [6, 6.07) is 13.4. The van der Waals surface area contributed by atoms with Gasteiger partial charge >= 0.3 is 7.05 Å². The first-order chi connectivity index (χ1) is 21.6. The van der Waals surface area contributed by atoms with Gasteiger partial charge in [0.2, 0.25) is 17.7 Å². The number of methoxy groups -OCH3 is 1. The molecule has 3 amide bonds. The molecule has 12 nitrogen and oxygen atoms in total. The van der Waals surface area contributed by atoms with Crippen LogP contribution in [-0.2, 0) is 20.8 Å². The van der Waals surface area contributed by atoms with Gasteiger partial charge in [0.1, 0.15) is 17.8 Å². The number of aromatic nitrogens is 3. The van der Waals surface area contributed by atoms with Crippen LogP contribution in [0.3, 0.4) is 0 Å². The molecule has 5 N–H and O–H groups in total. The zero-order valence-corrected chi connectivity index (χ0v) is 26.0. The lowest BCUT2D eigenvalue weighted by atomic mass is 9.83. The average molecular weight is 614 g/mol. The predicted octanol–water partition coefficient (Wildman–Crippen LogP) is 2.73. The zero-order chi connectivity index (χ0) is 32.1. The number of fused-ring (bicyclic) bond motifs is 1. The third-order valence-corrected chi connectivity index (χ3v) is 8.09. The van der Waals surface area contributed by atoms with E-state index in [2.05, 4.69) is 25.8 Å². The summed E-state index contributed by atoms with van der Waals surface area (Å²) in [6.45, 7) is 6.18. The molecule has 0 bridgehead atoms. The van der Waals surface area contributed by atoms with Gasteiger partial charge in [-0.15, -0.1) is 0 Å². The summed E-state index contributed by atoms with van der Waals surface area (Å²) in [5.74, 6) is -0.0550. The van der Waals surface area contributed by atoms with Crippen LogP contribution in [0.25, 0.3) is 10.9 Å². The minimum absolute atomic E-state index is 0.0507. The Hall–Kier alpha value is -4.62. The Morgan fingerprint density at radius 2 is 1.82 bits per heavy atom. The molecule has 3 heterocycles. The maximum absolute atomic E-state index is 13.8. The van der Waals surface area contributed by atoms with E-state index in [1.807, 2.05) is 59.6 Å². The summed E-state index contributed by atoms with van der Waals surface area (Å²) in [6.07, 6.45) is 7.11. The summed E-state index contributed by atoms with van der Waals surface area (Å²) >= 11 is 0. The summed E-state index contributed by atoms with van der Waals surface area (Å²) < 4.78 is 7.00. The number of likely N-dealkylation sites (tertiary alicyclic amines) is 1. The normalized spacial score (nSPS) is 14.6. The third-order valence-electron chi connectivity index (χ3n) is 8.09. The molecule has 0 spiro atoms. The van der Waals surface area contributed by atoms with Gasteiger partial charge in [0.15, 0.2) is 5.82 Å². The van der Waals surface area contributed by atoms with Crippen molar-refractivity contribution >= 4 is 41.5 Å². The van der Waals surface area contributed by atoms with Crippen molar-refractivity contribution in [3.8, 4) is 5.75 Å². The molecule has 2 atom stereocenters. The highest BCUT2D eigenvalue weighted by Gasteiger charge is 2.34. The highest BCUT2D eigenvalue weighted by molar-refractivity contribution is 6.46. The van der Waals surface area contributed by atoms with Gasteiger partial charge in [0.25, 0.3) is 0 Å². The van der Waals surface area contributed by atoms with E-state index < -0.39 is 36.5 Å². The first-order valence-electron chi connectivity index (χ1n) is 15.1. The molecule has 0 radical (unpaired) electrons. The van der Waals surface area contributed by atoms with Crippen LogP contribution < -0.4 is 20.6 Å². The Bertz CT molecular complexity index is 1640. The smallest absolute Gasteiger partial charge is 0.374 e. The fourth-order valence-corrected chi connectivity index (χ4v) is 5.75. The van der Waals surface area contributed by atoms with Crippen molar-refractivity contribution < 1.29 is 24.1 Å². The Morgan fingerprint density at radius 3 is 2.51 bits per heavy atom. The molecule has 13 heteroatoms. The standard InChI is InChI=1S/C32H40BN7O5/c1-32(2,38-33(3)44)31(43)36-26(17-22-18-34-25-10-6-5-9-24(22)25)29(41)37-27-19-40(20-35-27)28(30(42)39-15-7-8-16-39)21-11-13-23(45-4)14-12-21/h5-6,9-14,18-20,26,28,34,38,44H,7-8,15-17H2,1-4H3,(H,36,43)(H,37,41). The van der Waals surface area contributed by atoms with Crippen LogP contribution in [0.15, 0.2) is 67.3 Å². The quantitative estimate of drug-likeness (QED) is 0.154. The van der Waals surface area contributed by atoms with Crippen molar-refractivity contribution in [2.45, 2.75) is 57.6 Å². The Morgan fingerprint density at radius 1 is 1.11 bits per heavy atom. The molecule has 1 aliphatic heterocycles. The van der Waals surface area contributed by atoms with Crippen molar-refractivity contribution in [2.24, 2.45) is 0 Å². The fourth-order valence-electron chi connectivity index (χ4n) is 5.75. The molecule has 5 rings (SSSR count). The number of ether oxygens (including phenoxy) is 1. The molecule has 0 aliphatic carbocycles. The van der Waals surface area contributed by atoms with Crippen LogP contribution in [0.4, 0.5) is 5.82 Å². The first-order valence-corrected chi connectivity index (χ1v) is 15.1. The van der Waals surface area contributed by atoms with Crippen LogP contribution in [0.2, 0.25) is 6.82 Å². The van der Waals surface area contributed by atoms with E-state index in [0.29, 0.717) is 18.8 Å². The van der Waals surface area contributed by atoms with Crippen LogP contribution in [0.1, 0.15) is 43.9 Å². The molecule has 1 saturated heterocycles. The Balaban J connectivity index is 1.40. The van der Waals surface area contributed by atoms with Crippen molar-refractivity contribution in [1.82, 2.24) is 30.0 Å². The van der Waals surface area contributed by atoms with E-state index in [-0.39, 0.29) is 18.1 Å². The second-order valence-corrected chi connectivity index (χ2v) is 11.9. The maximum atomic E-state index is 13.8. The largest absolute Gasteiger partial charge is 0.497 e. The van der Waals surface area contributed by atoms with Gasteiger partial charge in [-0.05, 0) is 62.8 Å². The molecule has 1 aliphatic rings. The summed E-state index contributed by atoms with van der Waals surface area (Å²) in [5, 5.41) is 19.3. The number of imidazole rings is 1. The highest BCUT2D eigenvalue weighted by atomic mass is 16.5. The predicted molar refractivity (Wildman–Crippen MR) is 173 cm³/mol. The minimum atomic E-state index is -1.16. The number of benzene rings is 2. The van der Waals surface area contributed by atoms with E-state index in [4.69, 9.17) is 4.74 Å². The molecule has 1 fully saturated rings. The SMILES string of the molecule is COc1ccc(C(C(=O)N2CCCC2)n2cnc(NC(=O)C(Cc3c[nH]c4ccccc34)NC(=O)C(C)(C)NB(C)O)c2)cc1.